The monoisotopic (exact) mass is 390 g/mol. The zero-order valence-corrected chi connectivity index (χ0v) is 16.5. The lowest BCUT2D eigenvalue weighted by molar-refractivity contribution is 0.318. The first kappa shape index (κ1) is 20.0. The summed E-state index contributed by atoms with van der Waals surface area (Å²) in [5.41, 5.74) is 2.26. The molecule has 2 aromatic carbocycles. The summed E-state index contributed by atoms with van der Waals surface area (Å²) < 4.78 is 40.2. The number of alkyl halides is 1. The van der Waals surface area contributed by atoms with Crippen LogP contribution in [0.4, 0.5) is 4.39 Å². The van der Waals surface area contributed by atoms with Crippen LogP contribution in [0.25, 0.3) is 0 Å². The molecule has 1 heterocycles. The quantitative estimate of drug-likeness (QED) is 0.753. The summed E-state index contributed by atoms with van der Waals surface area (Å²) in [6.45, 7) is 2.23. The van der Waals surface area contributed by atoms with Crippen molar-refractivity contribution in [1.29, 1.82) is 0 Å². The Morgan fingerprint density at radius 1 is 1.11 bits per heavy atom. The van der Waals surface area contributed by atoms with Crippen LogP contribution in [-0.2, 0) is 16.4 Å². The van der Waals surface area contributed by atoms with Gasteiger partial charge in [0.2, 0.25) is 10.0 Å². The third-order valence-electron chi connectivity index (χ3n) is 5.09. The molecule has 1 fully saturated rings. The van der Waals surface area contributed by atoms with Gasteiger partial charge in [-0.1, -0.05) is 48.0 Å². The van der Waals surface area contributed by atoms with E-state index in [1.54, 1.807) is 24.3 Å². The molecule has 0 amide bonds. The van der Waals surface area contributed by atoms with Crippen LogP contribution >= 0.6 is 0 Å². The zero-order chi connectivity index (χ0) is 19.3. The summed E-state index contributed by atoms with van der Waals surface area (Å²) in [4.78, 5) is 0.230. The van der Waals surface area contributed by atoms with Gasteiger partial charge in [0.1, 0.15) is 6.67 Å². The number of halogens is 1. The first-order valence-corrected chi connectivity index (χ1v) is 10.8. The molecule has 1 saturated heterocycles. The molecule has 6 heteroatoms. The molecular weight excluding hydrogens is 363 g/mol. The largest absolute Gasteiger partial charge is 0.313 e. The molecule has 0 saturated carbocycles. The van der Waals surface area contributed by atoms with Gasteiger partial charge in [-0.3, -0.25) is 0 Å². The average Bonchev–Trinajstić information content (AvgIpc) is 3.09. The average molecular weight is 391 g/mol. The third-order valence-corrected chi connectivity index (χ3v) is 6.97. The number of nitrogens with zero attached hydrogens (tertiary/aromatic N) is 1. The Balaban J connectivity index is 1.65. The minimum absolute atomic E-state index is 0.101. The van der Waals surface area contributed by atoms with E-state index in [-0.39, 0.29) is 17.4 Å². The van der Waals surface area contributed by atoms with Crippen LogP contribution in [0.15, 0.2) is 59.5 Å². The molecule has 2 unspecified atom stereocenters. The van der Waals surface area contributed by atoms with Gasteiger partial charge in [-0.05, 0) is 49.9 Å². The third kappa shape index (κ3) is 5.15. The first-order chi connectivity index (χ1) is 13.0. The van der Waals surface area contributed by atoms with E-state index in [9.17, 15) is 12.8 Å². The molecular formula is C21H27FN2O2S. The summed E-state index contributed by atoms with van der Waals surface area (Å²) in [6, 6.07) is 17.3. The van der Waals surface area contributed by atoms with E-state index in [2.05, 4.69) is 17.4 Å². The van der Waals surface area contributed by atoms with Crippen LogP contribution in [0.3, 0.4) is 0 Å². The molecule has 3 rings (SSSR count). The Morgan fingerprint density at radius 2 is 1.81 bits per heavy atom. The van der Waals surface area contributed by atoms with E-state index < -0.39 is 16.7 Å². The number of rotatable bonds is 8. The summed E-state index contributed by atoms with van der Waals surface area (Å²) in [6.07, 6.45) is 1.81. The normalized spacial score (nSPS) is 20.3. The van der Waals surface area contributed by atoms with Crippen molar-refractivity contribution in [3.8, 4) is 0 Å². The molecule has 0 radical (unpaired) electrons. The molecule has 4 nitrogen and oxygen atoms in total. The van der Waals surface area contributed by atoms with Crippen molar-refractivity contribution in [3.63, 3.8) is 0 Å². The fourth-order valence-corrected chi connectivity index (χ4v) is 5.14. The summed E-state index contributed by atoms with van der Waals surface area (Å²) >= 11 is 0. The predicted octanol–water partition coefficient (Wildman–Crippen LogP) is 3.18. The minimum atomic E-state index is -3.68. The molecule has 2 atom stereocenters. The highest BCUT2D eigenvalue weighted by Crippen LogP contribution is 2.23. The van der Waals surface area contributed by atoms with Gasteiger partial charge in [0.05, 0.1) is 4.90 Å². The number of nitrogens with one attached hydrogen (secondary N) is 1. The van der Waals surface area contributed by atoms with Crippen molar-refractivity contribution < 1.29 is 12.8 Å². The van der Waals surface area contributed by atoms with E-state index >= 15 is 0 Å². The SMILES string of the molecule is Cc1ccc(S(=O)(=O)N(CCF)CC2CNC(Cc3ccccc3)C2)cc1. The number of aryl methyl sites for hydroxylation is 1. The van der Waals surface area contributed by atoms with Gasteiger partial charge >= 0.3 is 0 Å². The van der Waals surface area contributed by atoms with E-state index in [1.807, 2.05) is 25.1 Å². The first-order valence-electron chi connectivity index (χ1n) is 9.39. The summed E-state index contributed by atoms with van der Waals surface area (Å²) in [5.74, 6) is 0.186. The lowest BCUT2D eigenvalue weighted by Gasteiger charge is -2.24. The van der Waals surface area contributed by atoms with Gasteiger partial charge in [-0.2, -0.15) is 4.31 Å². The molecule has 0 bridgehead atoms. The van der Waals surface area contributed by atoms with Gasteiger partial charge in [0.15, 0.2) is 0 Å². The zero-order valence-electron chi connectivity index (χ0n) is 15.6. The predicted molar refractivity (Wildman–Crippen MR) is 106 cm³/mol. The van der Waals surface area contributed by atoms with Crippen molar-refractivity contribution in [2.24, 2.45) is 5.92 Å². The van der Waals surface area contributed by atoms with Crippen molar-refractivity contribution in [1.82, 2.24) is 9.62 Å². The maximum atomic E-state index is 13.1. The highest BCUT2D eigenvalue weighted by molar-refractivity contribution is 7.89. The van der Waals surface area contributed by atoms with Crippen LogP contribution in [0, 0.1) is 12.8 Å². The van der Waals surface area contributed by atoms with E-state index in [0.29, 0.717) is 12.6 Å². The molecule has 2 aromatic rings. The van der Waals surface area contributed by atoms with Gasteiger partial charge < -0.3 is 5.32 Å². The summed E-state index contributed by atoms with van der Waals surface area (Å²) in [5, 5.41) is 3.49. The van der Waals surface area contributed by atoms with Crippen LogP contribution in [0.2, 0.25) is 0 Å². The number of benzene rings is 2. The van der Waals surface area contributed by atoms with Crippen molar-refractivity contribution in [2.45, 2.75) is 30.7 Å². The molecule has 0 aliphatic carbocycles. The lowest BCUT2D eigenvalue weighted by atomic mass is 10.00. The fraction of sp³-hybridized carbons (Fsp3) is 0.429. The van der Waals surface area contributed by atoms with Crippen LogP contribution < -0.4 is 5.32 Å². The maximum absolute atomic E-state index is 13.1. The second kappa shape index (κ2) is 8.95. The Bertz CT molecular complexity index is 825. The van der Waals surface area contributed by atoms with Crippen molar-refractivity contribution >= 4 is 10.0 Å². The molecule has 0 aromatic heterocycles. The standard InChI is InChI=1S/C21H27FN2O2S/c1-17-7-9-21(10-8-17)27(25,26)24(12-11-22)16-19-14-20(23-15-19)13-18-5-3-2-4-6-18/h2-10,19-20,23H,11-16H2,1H3. The highest BCUT2D eigenvalue weighted by Gasteiger charge is 2.31. The smallest absolute Gasteiger partial charge is 0.243 e. The number of hydrogen-bond donors (Lipinski definition) is 1. The Kier molecular flexibility index (Phi) is 6.63. The molecule has 1 N–H and O–H groups in total. The Labute approximate surface area is 161 Å². The van der Waals surface area contributed by atoms with Crippen LogP contribution in [-0.4, -0.2) is 45.1 Å². The topological polar surface area (TPSA) is 49.4 Å². The highest BCUT2D eigenvalue weighted by atomic mass is 32.2. The van der Waals surface area contributed by atoms with E-state index in [0.717, 1.165) is 24.9 Å². The van der Waals surface area contributed by atoms with Gasteiger partial charge in [0, 0.05) is 19.1 Å². The van der Waals surface area contributed by atoms with Gasteiger partial charge in [0.25, 0.3) is 0 Å². The number of sulfonamides is 1. The van der Waals surface area contributed by atoms with Crippen molar-refractivity contribution in [3.05, 3.63) is 65.7 Å². The second-order valence-electron chi connectivity index (χ2n) is 7.26. The molecule has 1 aliphatic rings. The van der Waals surface area contributed by atoms with Crippen molar-refractivity contribution in [2.75, 3.05) is 26.3 Å². The Hall–Kier alpha value is -1.76. The second-order valence-corrected chi connectivity index (χ2v) is 9.20. The van der Waals surface area contributed by atoms with Gasteiger partial charge in [-0.15, -0.1) is 0 Å². The molecule has 27 heavy (non-hydrogen) atoms. The van der Waals surface area contributed by atoms with E-state index in [1.165, 1.54) is 9.87 Å². The minimum Gasteiger partial charge on any atom is -0.313 e. The van der Waals surface area contributed by atoms with E-state index in [4.69, 9.17) is 0 Å². The summed E-state index contributed by atoms with van der Waals surface area (Å²) in [7, 11) is -3.68. The molecule has 0 spiro atoms. The van der Waals surface area contributed by atoms with Crippen LogP contribution in [0.5, 0.6) is 0 Å². The van der Waals surface area contributed by atoms with Crippen LogP contribution in [0.1, 0.15) is 17.5 Å². The molecule has 1 aliphatic heterocycles. The Morgan fingerprint density at radius 3 is 2.48 bits per heavy atom. The number of hydrogen-bond acceptors (Lipinski definition) is 3. The van der Waals surface area contributed by atoms with Gasteiger partial charge in [-0.25, -0.2) is 12.8 Å². The molecule has 146 valence electrons. The fourth-order valence-electron chi connectivity index (χ4n) is 3.65. The maximum Gasteiger partial charge on any atom is 0.243 e. The lowest BCUT2D eigenvalue weighted by Crippen LogP contribution is -2.37.